The first-order chi connectivity index (χ1) is 9.34. The van der Waals surface area contributed by atoms with Gasteiger partial charge >= 0.3 is 0 Å². The molecule has 0 aliphatic heterocycles. The Balaban J connectivity index is 1.90. The summed E-state index contributed by atoms with van der Waals surface area (Å²) >= 11 is 0. The summed E-state index contributed by atoms with van der Waals surface area (Å²) in [5, 5.41) is 3.93. The SMILES string of the molecule is O=C(c1ccc(-c2ccccn2)cc1)n1cccn1. The van der Waals surface area contributed by atoms with Crippen LogP contribution in [0.5, 0.6) is 0 Å². The van der Waals surface area contributed by atoms with E-state index in [2.05, 4.69) is 10.1 Å². The van der Waals surface area contributed by atoms with E-state index in [0.717, 1.165) is 11.3 Å². The second kappa shape index (κ2) is 4.86. The zero-order valence-electron chi connectivity index (χ0n) is 10.1. The Hall–Kier alpha value is -2.75. The van der Waals surface area contributed by atoms with Crippen molar-refractivity contribution in [1.29, 1.82) is 0 Å². The Morgan fingerprint density at radius 2 is 1.79 bits per heavy atom. The number of hydrogen-bond donors (Lipinski definition) is 0. The Kier molecular flexibility index (Phi) is 2.90. The van der Waals surface area contributed by atoms with Crippen LogP contribution >= 0.6 is 0 Å². The fraction of sp³-hybridized carbons (Fsp3) is 0. The van der Waals surface area contributed by atoms with Gasteiger partial charge in [-0.15, -0.1) is 0 Å². The van der Waals surface area contributed by atoms with Crippen molar-refractivity contribution in [3.63, 3.8) is 0 Å². The lowest BCUT2D eigenvalue weighted by molar-refractivity contribution is 0.0945. The van der Waals surface area contributed by atoms with Crippen LogP contribution < -0.4 is 0 Å². The Bertz CT molecular complexity index is 673. The van der Waals surface area contributed by atoms with Gasteiger partial charge in [-0.25, -0.2) is 4.68 Å². The zero-order chi connectivity index (χ0) is 13.1. The molecule has 0 unspecified atom stereocenters. The lowest BCUT2D eigenvalue weighted by Gasteiger charge is -2.03. The molecule has 0 saturated carbocycles. The van der Waals surface area contributed by atoms with Crippen molar-refractivity contribution in [1.82, 2.24) is 14.8 Å². The smallest absolute Gasteiger partial charge is 0.267 e. The van der Waals surface area contributed by atoms with Gasteiger partial charge in [0, 0.05) is 29.7 Å². The molecule has 92 valence electrons. The number of benzene rings is 1. The largest absolute Gasteiger partial charge is 0.278 e. The van der Waals surface area contributed by atoms with Crippen LogP contribution in [0.4, 0.5) is 0 Å². The maximum Gasteiger partial charge on any atom is 0.278 e. The summed E-state index contributed by atoms with van der Waals surface area (Å²) in [6.45, 7) is 0. The molecule has 0 radical (unpaired) electrons. The molecule has 0 spiro atoms. The van der Waals surface area contributed by atoms with E-state index in [-0.39, 0.29) is 5.91 Å². The maximum atomic E-state index is 12.0. The van der Waals surface area contributed by atoms with E-state index in [1.807, 2.05) is 30.3 Å². The van der Waals surface area contributed by atoms with Crippen LogP contribution in [0.1, 0.15) is 10.4 Å². The highest BCUT2D eigenvalue weighted by atomic mass is 16.2. The van der Waals surface area contributed by atoms with E-state index in [0.29, 0.717) is 5.56 Å². The predicted octanol–water partition coefficient (Wildman–Crippen LogP) is 2.63. The summed E-state index contributed by atoms with van der Waals surface area (Å²) in [5.41, 5.74) is 2.47. The quantitative estimate of drug-likeness (QED) is 0.701. The number of rotatable bonds is 2. The van der Waals surface area contributed by atoms with Crippen molar-refractivity contribution in [2.45, 2.75) is 0 Å². The van der Waals surface area contributed by atoms with Crippen molar-refractivity contribution in [2.24, 2.45) is 0 Å². The van der Waals surface area contributed by atoms with Gasteiger partial charge in [0.15, 0.2) is 0 Å². The van der Waals surface area contributed by atoms with Gasteiger partial charge in [0.1, 0.15) is 0 Å². The highest BCUT2D eigenvalue weighted by molar-refractivity contribution is 5.95. The molecule has 4 heteroatoms. The van der Waals surface area contributed by atoms with Crippen molar-refractivity contribution < 1.29 is 4.79 Å². The Morgan fingerprint density at radius 3 is 2.42 bits per heavy atom. The van der Waals surface area contributed by atoms with Gasteiger partial charge in [-0.3, -0.25) is 9.78 Å². The maximum absolute atomic E-state index is 12.0. The number of nitrogens with zero attached hydrogens (tertiary/aromatic N) is 3. The molecule has 0 amide bonds. The minimum atomic E-state index is -0.141. The first kappa shape index (κ1) is 11.3. The number of aromatic nitrogens is 3. The topological polar surface area (TPSA) is 47.8 Å². The molecule has 0 aliphatic carbocycles. The summed E-state index contributed by atoms with van der Waals surface area (Å²) in [4.78, 5) is 16.3. The number of hydrogen-bond acceptors (Lipinski definition) is 3. The molecule has 2 aromatic heterocycles. The summed E-state index contributed by atoms with van der Waals surface area (Å²) in [6.07, 6.45) is 4.97. The molecule has 0 aliphatic rings. The lowest BCUT2D eigenvalue weighted by atomic mass is 10.1. The molecule has 3 rings (SSSR count). The zero-order valence-corrected chi connectivity index (χ0v) is 10.1. The molecule has 1 aromatic carbocycles. The highest BCUT2D eigenvalue weighted by Gasteiger charge is 2.08. The van der Waals surface area contributed by atoms with E-state index < -0.39 is 0 Å². The van der Waals surface area contributed by atoms with Gasteiger partial charge < -0.3 is 0 Å². The van der Waals surface area contributed by atoms with Gasteiger partial charge in [0.25, 0.3) is 5.91 Å². The van der Waals surface area contributed by atoms with E-state index in [1.165, 1.54) is 4.68 Å². The van der Waals surface area contributed by atoms with E-state index in [1.54, 1.807) is 36.8 Å². The molecule has 0 atom stereocenters. The average Bonchev–Trinajstić information content (AvgIpc) is 3.02. The number of pyridine rings is 1. The predicted molar refractivity (Wildman–Crippen MR) is 71.6 cm³/mol. The van der Waals surface area contributed by atoms with Crippen LogP contribution in [0.2, 0.25) is 0 Å². The van der Waals surface area contributed by atoms with Crippen molar-refractivity contribution in [3.05, 3.63) is 72.7 Å². The summed E-state index contributed by atoms with van der Waals surface area (Å²) in [6, 6.07) is 14.8. The standard InChI is InChI=1S/C15H11N3O/c19-15(18-11-3-10-17-18)13-7-5-12(6-8-13)14-4-1-2-9-16-14/h1-11H. The molecule has 4 nitrogen and oxygen atoms in total. The average molecular weight is 249 g/mol. The number of carbonyl (C=O) groups excluding carboxylic acids is 1. The third-order valence-electron chi connectivity index (χ3n) is 2.80. The highest BCUT2D eigenvalue weighted by Crippen LogP contribution is 2.17. The van der Waals surface area contributed by atoms with Crippen LogP contribution in [-0.2, 0) is 0 Å². The first-order valence-corrected chi connectivity index (χ1v) is 5.90. The fourth-order valence-corrected chi connectivity index (χ4v) is 1.84. The summed E-state index contributed by atoms with van der Waals surface area (Å²) in [7, 11) is 0. The van der Waals surface area contributed by atoms with E-state index >= 15 is 0 Å². The van der Waals surface area contributed by atoms with Gasteiger partial charge in [0.05, 0.1) is 5.69 Å². The molecule has 19 heavy (non-hydrogen) atoms. The minimum Gasteiger partial charge on any atom is -0.267 e. The van der Waals surface area contributed by atoms with Crippen LogP contribution in [0, 0.1) is 0 Å². The first-order valence-electron chi connectivity index (χ1n) is 5.90. The van der Waals surface area contributed by atoms with Gasteiger partial charge in [-0.05, 0) is 30.3 Å². The van der Waals surface area contributed by atoms with Crippen LogP contribution in [0.15, 0.2) is 67.1 Å². The molecule has 0 saturated heterocycles. The van der Waals surface area contributed by atoms with Crippen molar-refractivity contribution >= 4 is 5.91 Å². The third-order valence-corrected chi connectivity index (χ3v) is 2.80. The molecule has 3 aromatic rings. The number of carbonyl (C=O) groups is 1. The molecule has 2 heterocycles. The fourth-order valence-electron chi connectivity index (χ4n) is 1.84. The van der Waals surface area contributed by atoms with Gasteiger partial charge in [0.2, 0.25) is 0 Å². The minimum absolute atomic E-state index is 0.141. The van der Waals surface area contributed by atoms with Crippen molar-refractivity contribution in [3.8, 4) is 11.3 Å². The van der Waals surface area contributed by atoms with Crippen molar-refractivity contribution in [2.75, 3.05) is 0 Å². The third kappa shape index (κ3) is 2.28. The molecule has 0 fully saturated rings. The Labute approximate surface area is 110 Å². The van der Waals surface area contributed by atoms with Crippen LogP contribution in [-0.4, -0.2) is 20.7 Å². The van der Waals surface area contributed by atoms with Crippen LogP contribution in [0.3, 0.4) is 0 Å². The van der Waals surface area contributed by atoms with Gasteiger partial charge in [-0.2, -0.15) is 5.10 Å². The summed E-state index contributed by atoms with van der Waals surface area (Å²) in [5.74, 6) is -0.141. The monoisotopic (exact) mass is 249 g/mol. The summed E-state index contributed by atoms with van der Waals surface area (Å²) < 4.78 is 1.32. The lowest BCUT2D eigenvalue weighted by Crippen LogP contribution is -2.12. The second-order valence-corrected chi connectivity index (χ2v) is 4.05. The Morgan fingerprint density at radius 1 is 0.947 bits per heavy atom. The molecule has 0 bridgehead atoms. The normalized spacial score (nSPS) is 10.3. The molecule has 0 N–H and O–H groups in total. The van der Waals surface area contributed by atoms with Crippen LogP contribution in [0.25, 0.3) is 11.3 Å². The molecular formula is C15H11N3O. The molecular weight excluding hydrogens is 238 g/mol. The van der Waals surface area contributed by atoms with E-state index in [4.69, 9.17) is 0 Å². The van der Waals surface area contributed by atoms with Gasteiger partial charge in [-0.1, -0.05) is 18.2 Å². The second-order valence-electron chi connectivity index (χ2n) is 4.05. The van der Waals surface area contributed by atoms with E-state index in [9.17, 15) is 4.79 Å².